The fraction of sp³-hybridized carbons (Fsp3) is 0.900. The van der Waals surface area contributed by atoms with Crippen molar-refractivity contribution in [3.8, 4) is 0 Å². The molecule has 248 valence electrons. The van der Waals surface area contributed by atoms with Gasteiger partial charge in [0.1, 0.15) is 6.61 Å². The van der Waals surface area contributed by atoms with Crippen LogP contribution >= 0.6 is 7.82 Å². The molecule has 0 heterocycles. The molecule has 42 heavy (non-hydrogen) atoms. The summed E-state index contributed by atoms with van der Waals surface area (Å²) in [6.45, 7) is 2.46. The zero-order chi connectivity index (χ0) is 31.5. The van der Waals surface area contributed by atoms with Crippen LogP contribution in [0.1, 0.15) is 142 Å². The third-order valence-corrected chi connectivity index (χ3v) is 7.76. The van der Waals surface area contributed by atoms with E-state index in [9.17, 15) is 28.9 Å². The normalized spacial score (nSPS) is 14.2. The summed E-state index contributed by atoms with van der Waals surface area (Å²) in [7, 11) is -4.97. The number of aliphatic carboxylic acids is 1. The predicted molar refractivity (Wildman–Crippen MR) is 157 cm³/mol. The maximum absolute atomic E-state index is 12.4. The van der Waals surface area contributed by atoms with E-state index in [-0.39, 0.29) is 19.4 Å². The molecule has 1 unspecified atom stereocenters. The molecule has 3 atom stereocenters. The summed E-state index contributed by atoms with van der Waals surface area (Å²) >= 11 is 0. The van der Waals surface area contributed by atoms with Crippen molar-refractivity contribution < 1.29 is 47.5 Å². The lowest BCUT2D eigenvalue weighted by Gasteiger charge is -2.26. The number of carboxylic acid groups (broad SMARTS) is 1. The summed E-state index contributed by atoms with van der Waals surface area (Å²) in [4.78, 5) is 47.3. The number of unbranched alkanes of at least 4 members (excludes halogenated alkanes) is 16. The molecule has 0 aromatic rings. The molecule has 0 bridgehead atoms. The first-order valence-corrected chi connectivity index (χ1v) is 17.5. The molecule has 0 spiro atoms. The van der Waals surface area contributed by atoms with Crippen LogP contribution in [-0.4, -0.2) is 49.9 Å². The summed E-state index contributed by atoms with van der Waals surface area (Å²) in [5.41, 5.74) is 5.19. The highest BCUT2D eigenvalue weighted by Crippen LogP contribution is 2.38. The number of rotatable bonds is 30. The molecule has 0 saturated heterocycles. The molecular weight excluding hydrogens is 565 g/mol. The van der Waals surface area contributed by atoms with E-state index in [0.717, 1.165) is 38.5 Å². The Kier molecular flexibility index (Phi) is 26.1. The molecule has 0 fully saturated rings. The Morgan fingerprint density at radius 3 is 1.50 bits per heavy atom. The molecule has 0 saturated carbocycles. The Bertz CT molecular complexity index is 752. The standard InChI is InChI=1S/C30H58NO10P/c1-3-5-7-9-11-13-15-17-19-21-28(32)38-23-26(24-39-42(36,37)40-25-27(31)30(34)35)41-29(33)22-20-18-16-14-12-10-8-6-4-2/h26-27H,3-25,31H2,1-2H3,(H,34,35)(H,36,37)/p-2/t26-,27+/m1/s1. The second-order valence-electron chi connectivity index (χ2n) is 10.9. The minimum Gasteiger partial charge on any atom is -0.756 e. The van der Waals surface area contributed by atoms with Crippen LogP contribution in [0.15, 0.2) is 0 Å². The van der Waals surface area contributed by atoms with E-state index in [1.54, 1.807) is 0 Å². The molecule has 0 aromatic heterocycles. The maximum atomic E-state index is 12.4. The second-order valence-corrected chi connectivity index (χ2v) is 12.3. The Morgan fingerprint density at radius 2 is 1.05 bits per heavy atom. The number of nitrogens with two attached hydrogens (primary N) is 1. The van der Waals surface area contributed by atoms with E-state index in [0.29, 0.717) is 12.8 Å². The van der Waals surface area contributed by atoms with Crippen molar-refractivity contribution in [3.05, 3.63) is 0 Å². The van der Waals surface area contributed by atoms with Gasteiger partial charge in [0.05, 0.1) is 25.2 Å². The molecule has 0 radical (unpaired) electrons. The molecular formula is C30H56NO10P-2. The quantitative estimate of drug-likeness (QED) is 0.0658. The van der Waals surface area contributed by atoms with Gasteiger partial charge in [0.25, 0.3) is 7.82 Å². The van der Waals surface area contributed by atoms with Crippen LogP contribution in [0.2, 0.25) is 0 Å². The Hall–Kier alpha value is -1.52. The maximum Gasteiger partial charge on any atom is 0.306 e. The molecule has 0 aliphatic carbocycles. The minimum absolute atomic E-state index is 0.144. The monoisotopic (exact) mass is 621 g/mol. The van der Waals surface area contributed by atoms with Gasteiger partial charge in [0, 0.05) is 12.8 Å². The number of hydrogen-bond acceptors (Lipinski definition) is 11. The van der Waals surface area contributed by atoms with E-state index < -0.39 is 51.1 Å². The van der Waals surface area contributed by atoms with Crippen LogP contribution in [0.5, 0.6) is 0 Å². The molecule has 0 aromatic carbocycles. The van der Waals surface area contributed by atoms with Crippen molar-refractivity contribution >= 4 is 25.7 Å². The molecule has 0 aliphatic heterocycles. The van der Waals surface area contributed by atoms with E-state index in [1.807, 2.05) is 0 Å². The largest absolute Gasteiger partial charge is 0.756 e. The van der Waals surface area contributed by atoms with Crippen molar-refractivity contribution in [1.82, 2.24) is 0 Å². The summed E-state index contributed by atoms with van der Waals surface area (Å²) in [5, 5.41) is 10.7. The smallest absolute Gasteiger partial charge is 0.306 e. The van der Waals surface area contributed by atoms with Gasteiger partial charge in [-0.1, -0.05) is 117 Å². The van der Waals surface area contributed by atoms with Crippen LogP contribution in [0, 0.1) is 0 Å². The highest BCUT2D eigenvalue weighted by molar-refractivity contribution is 7.45. The number of ether oxygens (including phenoxy) is 2. The van der Waals surface area contributed by atoms with Crippen molar-refractivity contribution in [2.45, 2.75) is 154 Å². The van der Waals surface area contributed by atoms with Crippen molar-refractivity contribution in [2.75, 3.05) is 19.8 Å². The van der Waals surface area contributed by atoms with Gasteiger partial charge in [-0.3, -0.25) is 14.2 Å². The van der Waals surface area contributed by atoms with Crippen LogP contribution in [0.3, 0.4) is 0 Å². The zero-order valence-corrected chi connectivity index (χ0v) is 26.9. The summed E-state index contributed by atoms with van der Waals surface area (Å²) in [5.74, 6) is -2.71. The first kappa shape index (κ1) is 40.5. The zero-order valence-electron chi connectivity index (χ0n) is 26.0. The fourth-order valence-corrected chi connectivity index (χ4v) is 5.00. The lowest BCUT2D eigenvalue weighted by atomic mass is 10.1. The van der Waals surface area contributed by atoms with E-state index in [2.05, 4.69) is 18.4 Å². The van der Waals surface area contributed by atoms with Crippen LogP contribution < -0.4 is 15.7 Å². The lowest BCUT2D eigenvalue weighted by Crippen LogP contribution is -2.45. The summed E-state index contributed by atoms with van der Waals surface area (Å²) in [6.07, 6.45) is 18.9. The summed E-state index contributed by atoms with van der Waals surface area (Å²) in [6, 6.07) is -1.66. The molecule has 11 nitrogen and oxygen atoms in total. The SMILES string of the molecule is CCCCCCCCCCCC(=O)OC[C@H](COP(=O)([O-])OC[C@H](N)C(=O)[O-])OC(=O)CCCCCCCCCCC. The van der Waals surface area contributed by atoms with Gasteiger partial charge in [-0.25, -0.2) is 0 Å². The first-order valence-electron chi connectivity index (χ1n) is 16.0. The van der Waals surface area contributed by atoms with Gasteiger partial charge in [0.15, 0.2) is 6.10 Å². The summed E-state index contributed by atoms with van der Waals surface area (Å²) < 4.78 is 31.8. The molecule has 12 heteroatoms. The highest BCUT2D eigenvalue weighted by Gasteiger charge is 2.21. The van der Waals surface area contributed by atoms with Crippen molar-refractivity contribution in [3.63, 3.8) is 0 Å². The van der Waals surface area contributed by atoms with Gasteiger partial charge < -0.3 is 39.0 Å². The van der Waals surface area contributed by atoms with Crippen LogP contribution in [0.25, 0.3) is 0 Å². The fourth-order valence-electron chi connectivity index (χ4n) is 4.23. The van der Waals surface area contributed by atoms with E-state index in [1.165, 1.54) is 64.2 Å². The van der Waals surface area contributed by atoms with Gasteiger partial charge in [-0.05, 0) is 12.8 Å². The van der Waals surface area contributed by atoms with E-state index in [4.69, 9.17) is 19.7 Å². The highest BCUT2D eigenvalue weighted by atomic mass is 31.2. The molecule has 0 rings (SSSR count). The topological polar surface area (TPSA) is 177 Å². The Morgan fingerprint density at radius 1 is 0.643 bits per heavy atom. The number of phosphoric ester groups is 1. The molecule has 2 N–H and O–H groups in total. The van der Waals surface area contributed by atoms with Gasteiger partial charge in [-0.15, -0.1) is 0 Å². The number of hydrogen-bond donors (Lipinski definition) is 1. The van der Waals surface area contributed by atoms with Crippen molar-refractivity contribution in [1.29, 1.82) is 0 Å². The Balaban J connectivity index is 4.54. The van der Waals surface area contributed by atoms with Gasteiger partial charge >= 0.3 is 11.9 Å². The predicted octanol–water partition coefficient (Wildman–Crippen LogP) is 4.86. The average molecular weight is 622 g/mol. The van der Waals surface area contributed by atoms with E-state index >= 15 is 0 Å². The van der Waals surface area contributed by atoms with Gasteiger partial charge in [-0.2, -0.15) is 0 Å². The average Bonchev–Trinajstić information content (AvgIpc) is 2.95. The molecule has 0 amide bonds. The first-order chi connectivity index (χ1) is 20.1. The van der Waals surface area contributed by atoms with Crippen LogP contribution in [0.4, 0.5) is 0 Å². The third-order valence-electron chi connectivity index (χ3n) is 6.83. The number of carboxylic acids is 1. The van der Waals surface area contributed by atoms with Gasteiger partial charge in [0.2, 0.25) is 0 Å². The third kappa shape index (κ3) is 26.1. The number of carbonyl (C=O) groups is 3. The minimum atomic E-state index is -4.97. The number of carbonyl (C=O) groups excluding carboxylic acids is 3. The number of esters is 2. The van der Waals surface area contributed by atoms with Crippen LogP contribution in [-0.2, 0) is 37.5 Å². The Labute approximate surface area is 253 Å². The lowest BCUT2D eigenvalue weighted by molar-refractivity contribution is -0.308. The van der Waals surface area contributed by atoms with Crippen molar-refractivity contribution in [2.24, 2.45) is 5.73 Å². The second kappa shape index (κ2) is 27.1. The molecule has 0 aliphatic rings. The number of phosphoric acid groups is 1.